The lowest BCUT2D eigenvalue weighted by molar-refractivity contribution is -0.183. The van der Waals surface area contributed by atoms with Crippen molar-refractivity contribution in [3.8, 4) is 0 Å². The van der Waals surface area contributed by atoms with Gasteiger partial charge in [-0.3, -0.25) is 4.79 Å². The second-order valence-electron chi connectivity index (χ2n) is 4.57. The Bertz CT molecular complexity index is 431. The van der Waals surface area contributed by atoms with Crippen molar-refractivity contribution in [2.24, 2.45) is 0 Å². The quantitative estimate of drug-likeness (QED) is 0.723. The van der Waals surface area contributed by atoms with Crippen molar-refractivity contribution in [3.05, 3.63) is 24.0 Å². The van der Waals surface area contributed by atoms with Crippen molar-refractivity contribution < 1.29 is 14.3 Å². The van der Waals surface area contributed by atoms with Gasteiger partial charge in [-0.1, -0.05) is 0 Å². The number of amides is 1. The van der Waals surface area contributed by atoms with Crippen molar-refractivity contribution in [1.29, 1.82) is 0 Å². The average Bonchev–Trinajstić information content (AvgIpc) is 2.87. The molecule has 3 rings (SSSR count). The van der Waals surface area contributed by atoms with E-state index in [9.17, 15) is 4.79 Å². The van der Waals surface area contributed by atoms with Crippen molar-refractivity contribution in [2.45, 2.75) is 18.6 Å². The van der Waals surface area contributed by atoms with Crippen LogP contribution in [0.3, 0.4) is 0 Å². The summed E-state index contributed by atoms with van der Waals surface area (Å²) in [4.78, 5) is 14.1. The van der Waals surface area contributed by atoms with Gasteiger partial charge in [-0.05, 0) is 12.5 Å². The van der Waals surface area contributed by atoms with E-state index in [-0.39, 0.29) is 5.91 Å². The maximum atomic E-state index is 12.3. The number of nitrogens with zero attached hydrogens (tertiary/aromatic N) is 3. The van der Waals surface area contributed by atoms with E-state index in [1.54, 1.807) is 11.0 Å². The molecule has 6 heteroatoms. The molecule has 96 valence electrons. The number of piperidine rings is 1. The smallest absolute Gasteiger partial charge is 0.255 e. The Morgan fingerprint density at radius 3 is 2.89 bits per heavy atom. The van der Waals surface area contributed by atoms with Gasteiger partial charge >= 0.3 is 0 Å². The molecule has 2 aliphatic heterocycles. The van der Waals surface area contributed by atoms with E-state index in [1.807, 2.05) is 0 Å². The lowest BCUT2D eigenvalue weighted by Gasteiger charge is -2.38. The first-order valence-electron chi connectivity index (χ1n) is 6.13. The summed E-state index contributed by atoms with van der Waals surface area (Å²) in [5, 5.41) is 7.40. The second-order valence-corrected chi connectivity index (χ2v) is 4.57. The van der Waals surface area contributed by atoms with Gasteiger partial charge in [-0.15, -0.1) is 0 Å². The molecule has 0 atom stereocenters. The van der Waals surface area contributed by atoms with Crippen LogP contribution in [0.25, 0.3) is 0 Å². The van der Waals surface area contributed by atoms with Crippen LogP contribution in [0, 0.1) is 0 Å². The molecular weight excluding hydrogens is 234 g/mol. The van der Waals surface area contributed by atoms with E-state index >= 15 is 0 Å². The van der Waals surface area contributed by atoms with Gasteiger partial charge in [0.15, 0.2) is 5.79 Å². The summed E-state index contributed by atoms with van der Waals surface area (Å²) in [5.41, 5.74) is 0.556. The number of aromatic nitrogens is 2. The molecule has 2 saturated heterocycles. The van der Waals surface area contributed by atoms with Crippen molar-refractivity contribution in [1.82, 2.24) is 15.1 Å². The van der Waals surface area contributed by atoms with Crippen molar-refractivity contribution in [2.75, 3.05) is 26.3 Å². The SMILES string of the molecule is O=C(c1ccnnc1)N1CCCC2(C1)OCCO2. The summed E-state index contributed by atoms with van der Waals surface area (Å²) < 4.78 is 11.3. The molecule has 0 N–H and O–H groups in total. The zero-order valence-electron chi connectivity index (χ0n) is 10.0. The third-order valence-electron chi connectivity index (χ3n) is 3.35. The second kappa shape index (κ2) is 4.62. The Balaban J connectivity index is 1.74. The standard InChI is InChI=1S/C12H15N3O3/c16-11(10-2-4-13-14-8-10)15-5-1-3-12(9-15)17-6-7-18-12/h2,4,8H,1,3,5-7,9H2. The Morgan fingerprint density at radius 2 is 2.17 bits per heavy atom. The minimum absolute atomic E-state index is 0.0388. The van der Waals surface area contributed by atoms with Crippen LogP contribution >= 0.6 is 0 Å². The van der Waals surface area contributed by atoms with Crippen molar-refractivity contribution in [3.63, 3.8) is 0 Å². The van der Waals surface area contributed by atoms with Crippen LogP contribution in [0.2, 0.25) is 0 Å². The molecule has 18 heavy (non-hydrogen) atoms. The van der Waals surface area contributed by atoms with E-state index < -0.39 is 5.79 Å². The molecule has 0 aliphatic carbocycles. The van der Waals surface area contributed by atoms with Crippen LogP contribution < -0.4 is 0 Å². The average molecular weight is 249 g/mol. The number of ether oxygens (including phenoxy) is 2. The summed E-state index contributed by atoms with van der Waals surface area (Å²) in [6.07, 6.45) is 4.76. The number of carbonyl (C=O) groups is 1. The zero-order valence-corrected chi connectivity index (χ0v) is 10.0. The summed E-state index contributed by atoms with van der Waals surface area (Å²) >= 11 is 0. The summed E-state index contributed by atoms with van der Waals surface area (Å²) in [5.74, 6) is -0.614. The van der Waals surface area contributed by atoms with E-state index in [2.05, 4.69) is 10.2 Å². The zero-order chi connectivity index (χ0) is 12.4. The Labute approximate surface area is 105 Å². The normalized spacial score (nSPS) is 22.3. The number of likely N-dealkylation sites (tertiary alicyclic amines) is 1. The molecular formula is C12H15N3O3. The largest absolute Gasteiger partial charge is 0.346 e. The third kappa shape index (κ3) is 2.09. The highest BCUT2D eigenvalue weighted by atomic mass is 16.7. The fourth-order valence-corrected chi connectivity index (χ4v) is 2.49. The van der Waals surface area contributed by atoms with E-state index in [0.717, 1.165) is 19.4 Å². The van der Waals surface area contributed by atoms with Gasteiger partial charge in [0.05, 0.1) is 37.7 Å². The fraction of sp³-hybridized carbons (Fsp3) is 0.583. The predicted molar refractivity (Wildman–Crippen MR) is 61.8 cm³/mol. The summed E-state index contributed by atoms with van der Waals surface area (Å²) in [7, 11) is 0. The monoisotopic (exact) mass is 249 g/mol. The van der Waals surface area contributed by atoms with Gasteiger partial charge in [0.2, 0.25) is 0 Å². The van der Waals surface area contributed by atoms with Gasteiger partial charge in [0.1, 0.15) is 0 Å². The molecule has 2 aliphatic rings. The van der Waals surface area contributed by atoms with Gasteiger partial charge < -0.3 is 14.4 Å². The highest BCUT2D eigenvalue weighted by molar-refractivity contribution is 5.93. The molecule has 2 fully saturated rings. The van der Waals surface area contributed by atoms with Crippen molar-refractivity contribution >= 4 is 5.91 Å². The lowest BCUT2D eigenvalue weighted by atomic mass is 10.0. The molecule has 0 bridgehead atoms. The maximum Gasteiger partial charge on any atom is 0.255 e. The Hall–Kier alpha value is -1.53. The van der Waals surface area contributed by atoms with Crippen LogP contribution in [-0.4, -0.2) is 53.1 Å². The highest BCUT2D eigenvalue weighted by Gasteiger charge is 2.42. The molecule has 0 radical (unpaired) electrons. The van der Waals surface area contributed by atoms with Crippen LogP contribution in [0.4, 0.5) is 0 Å². The first kappa shape index (κ1) is 11.6. The van der Waals surface area contributed by atoms with Gasteiger partial charge in [0.25, 0.3) is 5.91 Å². The van der Waals surface area contributed by atoms with Crippen LogP contribution in [0.5, 0.6) is 0 Å². The molecule has 0 aromatic carbocycles. The van der Waals surface area contributed by atoms with Gasteiger partial charge in [0, 0.05) is 13.0 Å². The first-order chi connectivity index (χ1) is 8.79. The molecule has 3 heterocycles. The number of hydrogen-bond donors (Lipinski definition) is 0. The Morgan fingerprint density at radius 1 is 1.33 bits per heavy atom. The predicted octanol–water partition coefficient (Wildman–Crippen LogP) is 0.456. The molecule has 0 saturated carbocycles. The summed E-state index contributed by atoms with van der Waals surface area (Å²) in [6, 6.07) is 1.67. The van der Waals surface area contributed by atoms with E-state index in [4.69, 9.17) is 9.47 Å². The maximum absolute atomic E-state index is 12.3. The highest BCUT2D eigenvalue weighted by Crippen LogP contribution is 2.30. The van der Waals surface area contributed by atoms with E-state index in [0.29, 0.717) is 25.3 Å². The molecule has 1 aromatic rings. The molecule has 1 amide bonds. The molecule has 1 aromatic heterocycles. The Kier molecular flexibility index (Phi) is 2.97. The van der Waals surface area contributed by atoms with Crippen LogP contribution in [-0.2, 0) is 9.47 Å². The fourth-order valence-electron chi connectivity index (χ4n) is 2.49. The van der Waals surface area contributed by atoms with Gasteiger partial charge in [-0.25, -0.2) is 0 Å². The lowest BCUT2D eigenvalue weighted by Crippen LogP contribution is -2.51. The van der Waals surface area contributed by atoms with Gasteiger partial charge in [-0.2, -0.15) is 10.2 Å². The molecule has 1 spiro atoms. The first-order valence-corrected chi connectivity index (χ1v) is 6.13. The third-order valence-corrected chi connectivity index (χ3v) is 3.35. The number of hydrogen-bond acceptors (Lipinski definition) is 5. The van der Waals surface area contributed by atoms with Crippen LogP contribution in [0.15, 0.2) is 18.5 Å². The number of carbonyl (C=O) groups excluding carboxylic acids is 1. The molecule has 6 nitrogen and oxygen atoms in total. The molecule has 0 unspecified atom stereocenters. The van der Waals surface area contributed by atoms with E-state index in [1.165, 1.54) is 12.4 Å². The summed E-state index contributed by atoms with van der Waals surface area (Å²) in [6.45, 7) is 2.45. The topological polar surface area (TPSA) is 64.6 Å². The minimum Gasteiger partial charge on any atom is -0.346 e. The van der Waals surface area contributed by atoms with Crippen LogP contribution in [0.1, 0.15) is 23.2 Å². The minimum atomic E-state index is -0.575. The number of rotatable bonds is 1.